The summed E-state index contributed by atoms with van der Waals surface area (Å²) in [6.07, 6.45) is 0.189. The van der Waals surface area contributed by atoms with E-state index in [1.54, 1.807) is 45.0 Å². The van der Waals surface area contributed by atoms with E-state index in [2.05, 4.69) is 4.98 Å². The molecule has 2 rings (SSSR count). The Morgan fingerprint density at radius 2 is 2.00 bits per heavy atom. The molecular formula is C14H16N4O4. The van der Waals surface area contributed by atoms with Crippen molar-refractivity contribution in [2.24, 2.45) is 5.84 Å². The lowest BCUT2D eigenvalue weighted by molar-refractivity contribution is -0.384. The molecule has 1 amide bonds. The van der Waals surface area contributed by atoms with Crippen LogP contribution >= 0.6 is 0 Å². The van der Waals surface area contributed by atoms with Crippen molar-refractivity contribution in [3.8, 4) is 0 Å². The first-order chi connectivity index (χ1) is 10.2. The lowest BCUT2D eigenvalue weighted by atomic mass is 10.1. The molecule has 0 aliphatic heterocycles. The van der Waals surface area contributed by atoms with Crippen molar-refractivity contribution in [1.82, 2.24) is 4.98 Å². The molecular weight excluding hydrogens is 288 g/mol. The monoisotopic (exact) mass is 304 g/mol. The maximum Gasteiger partial charge on any atom is 0.429 e. The highest BCUT2D eigenvalue weighted by molar-refractivity contribution is 6.03. The predicted octanol–water partition coefficient (Wildman–Crippen LogP) is 2.76. The summed E-state index contributed by atoms with van der Waals surface area (Å²) in [7, 11) is 0. The zero-order valence-electron chi connectivity index (χ0n) is 12.4. The minimum absolute atomic E-state index is 0.0511. The molecule has 116 valence electrons. The zero-order valence-corrected chi connectivity index (χ0v) is 12.4. The van der Waals surface area contributed by atoms with E-state index in [0.717, 1.165) is 6.20 Å². The topological polar surface area (TPSA) is 112 Å². The van der Waals surface area contributed by atoms with Crippen LogP contribution in [0.2, 0.25) is 0 Å². The Morgan fingerprint density at radius 3 is 2.59 bits per heavy atom. The number of benzene rings is 1. The number of rotatable bonds is 2. The number of anilines is 1. The summed E-state index contributed by atoms with van der Waals surface area (Å²) in [5, 5.41) is 12.2. The first-order valence-electron chi connectivity index (χ1n) is 6.50. The minimum Gasteiger partial charge on any atom is -0.442 e. The molecule has 0 aliphatic carbocycles. The van der Waals surface area contributed by atoms with Crippen molar-refractivity contribution in [2.45, 2.75) is 26.4 Å². The van der Waals surface area contributed by atoms with Crippen molar-refractivity contribution >= 4 is 28.4 Å². The summed E-state index contributed by atoms with van der Waals surface area (Å²) in [4.78, 5) is 26.7. The van der Waals surface area contributed by atoms with Crippen LogP contribution in [-0.4, -0.2) is 21.6 Å². The maximum atomic E-state index is 12.1. The molecule has 0 fully saturated rings. The lowest BCUT2D eigenvalue weighted by Gasteiger charge is -2.24. The van der Waals surface area contributed by atoms with E-state index in [0.29, 0.717) is 15.9 Å². The van der Waals surface area contributed by atoms with Crippen LogP contribution in [-0.2, 0) is 4.74 Å². The van der Waals surface area contributed by atoms with Gasteiger partial charge in [0.1, 0.15) is 11.8 Å². The van der Waals surface area contributed by atoms with Crippen LogP contribution < -0.4 is 10.9 Å². The second kappa shape index (κ2) is 5.57. The van der Waals surface area contributed by atoms with E-state index >= 15 is 0 Å². The second-order valence-electron chi connectivity index (χ2n) is 5.62. The number of hydrogen-bond donors (Lipinski definition) is 1. The molecule has 1 heterocycles. The molecule has 0 atom stereocenters. The van der Waals surface area contributed by atoms with Crippen LogP contribution in [0.1, 0.15) is 20.8 Å². The Kier molecular flexibility index (Phi) is 3.96. The summed E-state index contributed by atoms with van der Waals surface area (Å²) in [5.41, 5.74) is -0.703. The molecule has 0 radical (unpaired) electrons. The third-order valence-electron chi connectivity index (χ3n) is 2.76. The molecule has 0 spiro atoms. The number of nitrogens with two attached hydrogens (primary N) is 1. The van der Waals surface area contributed by atoms with Gasteiger partial charge in [-0.2, -0.15) is 0 Å². The minimum atomic E-state index is -0.882. The van der Waals surface area contributed by atoms with Crippen LogP contribution in [0.5, 0.6) is 0 Å². The fourth-order valence-corrected chi connectivity index (χ4v) is 1.91. The Labute approximate surface area is 126 Å². The molecule has 0 aliphatic rings. The second-order valence-corrected chi connectivity index (χ2v) is 5.62. The summed E-state index contributed by atoms with van der Waals surface area (Å²) < 4.78 is 5.16. The molecule has 2 N–H and O–H groups in total. The predicted molar refractivity (Wildman–Crippen MR) is 81.3 cm³/mol. The Hall–Kier alpha value is -2.74. The first-order valence-corrected chi connectivity index (χ1v) is 6.50. The molecule has 2 aromatic rings. The molecule has 8 nitrogen and oxygen atoms in total. The quantitative estimate of drug-likeness (QED) is 0.395. The van der Waals surface area contributed by atoms with Gasteiger partial charge in [-0.1, -0.05) is 18.2 Å². The normalized spacial score (nSPS) is 11.3. The first kappa shape index (κ1) is 15.6. The van der Waals surface area contributed by atoms with Crippen molar-refractivity contribution in [3.63, 3.8) is 0 Å². The van der Waals surface area contributed by atoms with E-state index in [1.165, 1.54) is 0 Å². The molecule has 1 aromatic carbocycles. The average molecular weight is 304 g/mol. The standard InChI is InChI=1S/C14H16N4O4/c1-14(2,3)22-13(19)17(15)12-9-6-4-5-7-10(9)16-8-11(12)18(20)21/h4-8H,15H2,1-3H3. The van der Waals surface area contributed by atoms with Crippen LogP contribution in [0.15, 0.2) is 30.5 Å². The fourth-order valence-electron chi connectivity index (χ4n) is 1.91. The number of fused-ring (bicyclic) bond motifs is 1. The Bertz CT molecular complexity index is 739. The Morgan fingerprint density at radius 1 is 1.36 bits per heavy atom. The number of hydrogen-bond acceptors (Lipinski definition) is 6. The molecule has 0 bridgehead atoms. The van der Waals surface area contributed by atoms with Gasteiger partial charge in [-0.3, -0.25) is 10.1 Å². The van der Waals surface area contributed by atoms with Gasteiger partial charge in [0.25, 0.3) is 0 Å². The zero-order chi connectivity index (χ0) is 16.5. The molecule has 22 heavy (non-hydrogen) atoms. The van der Waals surface area contributed by atoms with Crippen molar-refractivity contribution in [1.29, 1.82) is 0 Å². The molecule has 0 saturated carbocycles. The van der Waals surface area contributed by atoms with Crippen LogP contribution in [0.3, 0.4) is 0 Å². The number of nitro groups is 1. The van der Waals surface area contributed by atoms with Gasteiger partial charge >= 0.3 is 11.8 Å². The lowest BCUT2D eigenvalue weighted by Crippen LogP contribution is -2.42. The van der Waals surface area contributed by atoms with E-state index in [9.17, 15) is 14.9 Å². The summed E-state index contributed by atoms with van der Waals surface area (Å²) in [5.74, 6) is 5.78. The highest BCUT2D eigenvalue weighted by Gasteiger charge is 2.29. The van der Waals surface area contributed by atoms with Gasteiger partial charge in [0.15, 0.2) is 5.69 Å². The number of nitrogens with zero attached hydrogens (tertiary/aromatic N) is 3. The van der Waals surface area contributed by atoms with Gasteiger partial charge in [-0.15, -0.1) is 0 Å². The fraction of sp³-hybridized carbons (Fsp3) is 0.286. The highest BCUT2D eigenvalue weighted by Crippen LogP contribution is 2.34. The van der Waals surface area contributed by atoms with Crippen molar-refractivity contribution in [2.75, 3.05) is 5.01 Å². The number of amides is 1. The number of para-hydroxylation sites is 1. The highest BCUT2D eigenvalue weighted by atomic mass is 16.6. The third-order valence-corrected chi connectivity index (χ3v) is 2.76. The summed E-state index contributed by atoms with van der Waals surface area (Å²) in [6, 6.07) is 6.69. The maximum absolute atomic E-state index is 12.1. The number of carbonyl (C=O) groups excluding carboxylic acids is 1. The van der Waals surface area contributed by atoms with E-state index in [-0.39, 0.29) is 11.4 Å². The molecule has 8 heteroatoms. The van der Waals surface area contributed by atoms with Gasteiger partial charge in [0, 0.05) is 5.39 Å². The van der Waals surface area contributed by atoms with Gasteiger partial charge in [0.2, 0.25) is 0 Å². The van der Waals surface area contributed by atoms with Crippen LogP contribution in [0.4, 0.5) is 16.2 Å². The Balaban J connectivity index is 2.59. The summed E-state index contributed by atoms with van der Waals surface area (Å²) >= 11 is 0. The van der Waals surface area contributed by atoms with E-state index in [4.69, 9.17) is 10.6 Å². The van der Waals surface area contributed by atoms with Gasteiger partial charge in [0.05, 0.1) is 10.4 Å². The number of ether oxygens (including phenoxy) is 1. The van der Waals surface area contributed by atoms with Crippen molar-refractivity contribution in [3.05, 3.63) is 40.6 Å². The van der Waals surface area contributed by atoms with E-state index < -0.39 is 16.6 Å². The average Bonchev–Trinajstić information content (AvgIpc) is 2.43. The smallest absolute Gasteiger partial charge is 0.429 e. The molecule has 0 unspecified atom stereocenters. The van der Waals surface area contributed by atoms with Gasteiger partial charge in [-0.05, 0) is 26.8 Å². The molecule has 1 aromatic heterocycles. The molecule has 0 saturated heterocycles. The van der Waals surface area contributed by atoms with Crippen LogP contribution in [0.25, 0.3) is 10.9 Å². The third kappa shape index (κ3) is 3.12. The largest absolute Gasteiger partial charge is 0.442 e. The van der Waals surface area contributed by atoms with Gasteiger partial charge in [-0.25, -0.2) is 20.6 Å². The van der Waals surface area contributed by atoms with Crippen molar-refractivity contribution < 1.29 is 14.5 Å². The number of hydrazine groups is 1. The number of aromatic nitrogens is 1. The van der Waals surface area contributed by atoms with E-state index in [1.807, 2.05) is 0 Å². The van der Waals surface area contributed by atoms with Crippen LogP contribution in [0, 0.1) is 10.1 Å². The number of carbonyl (C=O) groups is 1. The summed E-state index contributed by atoms with van der Waals surface area (Å²) in [6.45, 7) is 5.04. The number of pyridine rings is 1. The SMILES string of the molecule is CC(C)(C)OC(=O)N(N)c1c([N+](=O)[O-])cnc2ccccc12. The van der Waals surface area contributed by atoms with Gasteiger partial charge < -0.3 is 4.74 Å².